The van der Waals surface area contributed by atoms with Gasteiger partial charge in [0.1, 0.15) is 0 Å². The van der Waals surface area contributed by atoms with Crippen LogP contribution in [0.15, 0.2) is 30.3 Å². The van der Waals surface area contributed by atoms with E-state index >= 15 is 0 Å². The Kier molecular flexibility index (Phi) is 3.09. The smallest absolute Gasteiger partial charge is 0.204 e. The summed E-state index contributed by atoms with van der Waals surface area (Å²) in [5.74, 6) is 0.873. The molecule has 1 heterocycles. The zero-order chi connectivity index (χ0) is 17.1. The molecule has 4 atom stereocenters. The molecule has 4 saturated carbocycles. The number of aliphatic carboxylic acids is 1. The first-order valence-corrected chi connectivity index (χ1v) is 9.12. The van der Waals surface area contributed by atoms with Gasteiger partial charge in [0.15, 0.2) is 0 Å². The van der Waals surface area contributed by atoms with E-state index in [1.165, 1.54) is 6.42 Å². The lowest BCUT2D eigenvalue weighted by Crippen LogP contribution is -2.58. The molecule has 0 radical (unpaired) electrons. The maximum Gasteiger partial charge on any atom is 0.204 e. The van der Waals surface area contributed by atoms with Gasteiger partial charge in [-0.3, -0.25) is 0 Å². The summed E-state index contributed by atoms with van der Waals surface area (Å²) in [4.78, 5) is 13.2. The Hall–Kier alpha value is -2.24. The van der Waals surface area contributed by atoms with E-state index in [1.807, 2.05) is 35.1 Å². The minimum Gasteiger partial charge on any atom is -0.550 e. The molecule has 4 bridgehead atoms. The molecular formula is C19H21N4O2-. The average Bonchev–Trinajstić information content (AvgIpc) is 3.04. The van der Waals surface area contributed by atoms with Crippen LogP contribution in [0.3, 0.4) is 0 Å². The summed E-state index contributed by atoms with van der Waals surface area (Å²) >= 11 is 0. The molecule has 1 aromatic carbocycles. The van der Waals surface area contributed by atoms with Crippen LogP contribution in [0.2, 0.25) is 0 Å². The summed E-state index contributed by atoms with van der Waals surface area (Å²) in [6.45, 7) is 0. The van der Waals surface area contributed by atoms with Gasteiger partial charge in [-0.15, -0.1) is 10.2 Å². The molecular weight excluding hydrogens is 316 g/mol. The third-order valence-corrected chi connectivity index (χ3v) is 6.54. The van der Waals surface area contributed by atoms with E-state index in [2.05, 4.69) is 10.3 Å². The van der Waals surface area contributed by atoms with Crippen LogP contribution < -0.4 is 5.11 Å². The second kappa shape index (κ2) is 5.13. The summed E-state index contributed by atoms with van der Waals surface area (Å²) in [6.07, 6.45) is 6.34. The highest BCUT2D eigenvalue weighted by molar-refractivity contribution is 5.65. The van der Waals surface area contributed by atoms with Crippen molar-refractivity contribution in [1.29, 1.82) is 0 Å². The van der Waals surface area contributed by atoms with E-state index in [4.69, 9.17) is 5.10 Å². The molecule has 4 aliphatic carbocycles. The van der Waals surface area contributed by atoms with Crippen LogP contribution in [0.1, 0.15) is 44.9 Å². The van der Waals surface area contributed by atoms with Crippen LogP contribution in [0, 0.1) is 17.3 Å². The largest absolute Gasteiger partial charge is 0.550 e. The molecule has 130 valence electrons. The topological polar surface area (TPSA) is 83.7 Å². The SMILES string of the molecule is O=C([O-])CC12C[C@H]3C[C@@H](C1)CC(n1nnc(-c4ccccc4)n1)(C3)C2. The zero-order valence-corrected chi connectivity index (χ0v) is 14.1. The number of hydrogen-bond donors (Lipinski definition) is 0. The number of benzene rings is 1. The summed E-state index contributed by atoms with van der Waals surface area (Å²) in [5.41, 5.74) is 0.658. The number of carboxylic acid groups (broad SMARTS) is 1. The average molecular weight is 337 g/mol. The molecule has 6 rings (SSSR count). The second-order valence-corrected chi connectivity index (χ2v) is 8.50. The van der Waals surface area contributed by atoms with Gasteiger partial charge in [-0.05, 0) is 67.4 Å². The number of tetrazole rings is 1. The van der Waals surface area contributed by atoms with E-state index in [9.17, 15) is 9.90 Å². The molecule has 6 heteroatoms. The second-order valence-electron chi connectivity index (χ2n) is 8.50. The lowest BCUT2D eigenvalue weighted by atomic mass is 9.46. The van der Waals surface area contributed by atoms with E-state index in [0.717, 1.165) is 37.7 Å². The molecule has 4 fully saturated rings. The quantitative estimate of drug-likeness (QED) is 0.849. The first-order valence-electron chi connectivity index (χ1n) is 9.12. The first-order chi connectivity index (χ1) is 12.1. The van der Waals surface area contributed by atoms with Crippen molar-refractivity contribution < 1.29 is 9.90 Å². The van der Waals surface area contributed by atoms with Crippen molar-refractivity contribution in [3.63, 3.8) is 0 Å². The molecule has 0 N–H and O–H groups in total. The third kappa shape index (κ3) is 2.38. The number of carbonyl (C=O) groups is 1. The van der Waals surface area contributed by atoms with Gasteiger partial charge in [0.05, 0.1) is 5.54 Å². The van der Waals surface area contributed by atoms with E-state index in [-0.39, 0.29) is 17.4 Å². The van der Waals surface area contributed by atoms with Crippen LogP contribution in [-0.4, -0.2) is 26.2 Å². The number of aromatic nitrogens is 4. The van der Waals surface area contributed by atoms with Crippen molar-refractivity contribution in [2.75, 3.05) is 0 Å². The number of carboxylic acids is 1. The number of carbonyl (C=O) groups excluding carboxylic acids is 1. The first kappa shape index (κ1) is 15.0. The van der Waals surface area contributed by atoms with E-state index in [1.54, 1.807) is 0 Å². The molecule has 4 aliphatic rings. The Morgan fingerprint density at radius 2 is 1.88 bits per heavy atom. The van der Waals surface area contributed by atoms with Crippen molar-refractivity contribution in [1.82, 2.24) is 20.2 Å². The van der Waals surface area contributed by atoms with Crippen molar-refractivity contribution in [2.45, 2.75) is 50.5 Å². The predicted molar refractivity (Wildman–Crippen MR) is 88.0 cm³/mol. The standard InChI is InChI=1S/C19H22N4O2/c24-16(25)11-18-7-13-6-14(8-18)10-19(9-13,12-18)23-21-17(20-22-23)15-4-2-1-3-5-15/h1-5,13-14H,6-12H2,(H,24,25)/p-1/t13-,14+,18?,19?. The van der Waals surface area contributed by atoms with Crippen LogP contribution >= 0.6 is 0 Å². The van der Waals surface area contributed by atoms with Crippen LogP contribution in [0.5, 0.6) is 0 Å². The number of rotatable bonds is 4. The number of nitrogens with zero attached hydrogens (tertiary/aromatic N) is 4. The van der Waals surface area contributed by atoms with Crippen molar-refractivity contribution in [3.8, 4) is 11.4 Å². The molecule has 0 saturated heterocycles. The van der Waals surface area contributed by atoms with Gasteiger partial charge in [0, 0.05) is 11.5 Å². The van der Waals surface area contributed by atoms with Crippen molar-refractivity contribution in [3.05, 3.63) is 30.3 Å². The lowest BCUT2D eigenvalue weighted by molar-refractivity contribution is -0.310. The molecule has 2 unspecified atom stereocenters. The number of hydrogen-bond acceptors (Lipinski definition) is 5. The normalized spacial score (nSPS) is 35.8. The van der Waals surface area contributed by atoms with Gasteiger partial charge < -0.3 is 9.90 Å². The fourth-order valence-corrected chi connectivity index (χ4v) is 6.27. The Balaban J connectivity index is 1.51. The summed E-state index contributed by atoms with van der Waals surface area (Å²) in [7, 11) is 0. The predicted octanol–water partition coefficient (Wildman–Crippen LogP) is 1.78. The lowest BCUT2D eigenvalue weighted by Gasteiger charge is -2.61. The Morgan fingerprint density at radius 1 is 1.16 bits per heavy atom. The van der Waals surface area contributed by atoms with Gasteiger partial charge in [0.25, 0.3) is 0 Å². The molecule has 2 aromatic rings. The van der Waals surface area contributed by atoms with Crippen LogP contribution in [0.25, 0.3) is 11.4 Å². The molecule has 0 spiro atoms. The molecule has 0 aliphatic heterocycles. The summed E-state index contributed by atoms with van der Waals surface area (Å²) < 4.78 is 0. The van der Waals surface area contributed by atoms with Gasteiger partial charge >= 0.3 is 0 Å². The van der Waals surface area contributed by atoms with Gasteiger partial charge in [-0.2, -0.15) is 4.80 Å². The molecule has 0 amide bonds. The summed E-state index contributed by atoms with van der Waals surface area (Å²) in [5, 5.41) is 24.8. The van der Waals surface area contributed by atoms with Gasteiger partial charge in [-0.1, -0.05) is 30.3 Å². The molecule has 6 nitrogen and oxygen atoms in total. The van der Waals surface area contributed by atoms with E-state index in [0.29, 0.717) is 17.7 Å². The van der Waals surface area contributed by atoms with Crippen molar-refractivity contribution >= 4 is 5.97 Å². The Morgan fingerprint density at radius 3 is 2.56 bits per heavy atom. The fourth-order valence-electron chi connectivity index (χ4n) is 6.27. The third-order valence-electron chi connectivity index (χ3n) is 6.54. The van der Waals surface area contributed by atoms with Gasteiger partial charge in [0.2, 0.25) is 5.82 Å². The minimum absolute atomic E-state index is 0.135. The Bertz CT molecular complexity index is 802. The monoisotopic (exact) mass is 337 g/mol. The maximum atomic E-state index is 11.4. The molecule has 1 aromatic heterocycles. The van der Waals surface area contributed by atoms with Crippen molar-refractivity contribution in [2.24, 2.45) is 17.3 Å². The van der Waals surface area contributed by atoms with E-state index < -0.39 is 5.97 Å². The highest BCUT2D eigenvalue weighted by atomic mass is 16.4. The molecule has 25 heavy (non-hydrogen) atoms. The minimum atomic E-state index is -0.923. The van der Waals surface area contributed by atoms with Gasteiger partial charge in [-0.25, -0.2) is 0 Å². The van der Waals surface area contributed by atoms with Crippen LogP contribution in [0.4, 0.5) is 0 Å². The summed E-state index contributed by atoms with van der Waals surface area (Å²) in [6, 6.07) is 9.87. The maximum absolute atomic E-state index is 11.4. The van der Waals surface area contributed by atoms with Crippen LogP contribution in [-0.2, 0) is 10.3 Å². The Labute approximate surface area is 146 Å². The zero-order valence-electron chi connectivity index (χ0n) is 14.1. The fraction of sp³-hybridized carbons (Fsp3) is 0.579. The highest BCUT2D eigenvalue weighted by Gasteiger charge is 2.59. The highest BCUT2D eigenvalue weighted by Crippen LogP contribution is 2.64.